The van der Waals surface area contributed by atoms with E-state index in [1.165, 1.54) is 38.6 Å². The topological polar surface area (TPSA) is 48.9 Å². The van der Waals surface area contributed by atoms with Gasteiger partial charge in [-0.3, -0.25) is 4.99 Å². The van der Waals surface area contributed by atoms with Gasteiger partial charge in [0.25, 0.3) is 0 Å². The van der Waals surface area contributed by atoms with Crippen LogP contribution in [0.1, 0.15) is 38.5 Å². The van der Waals surface area contributed by atoms with E-state index in [1.807, 2.05) is 7.05 Å². The summed E-state index contributed by atoms with van der Waals surface area (Å²) < 4.78 is 5.25. The number of aliphatic imine (C=N–C) groups is 1. The highest BCUT2D eigenvalue weighted by atomic mass is 16.5. The first kappa shape index (κ1) is 16.6. The molecule has 0 aromatic rings. The summed E-state index contributed by atoms with van der Waals surface area (Å²) in [4.78, 5) is 6.80. The van der Waals surface area contributed by atoms with Gasteiger partial charge in [0.15, 0.2) is 5.96 Å². The minimum atomic E-state index is 0.428. The molecule has 2 N–H and O–H groups in total. The second-order valence-corrected chi connectivity index (χ2v) is 6.68. The molecule has 2 rings (SSSR count). The highest BCUT2D eigenvalue weighted by molar-refractivity contribution is 5.79. The van der Waals surface area contributed by atoms with Crippen molar-refractivity contribution in [2.75, 3.05) is 47.4 Å². The lowest BCUT2D eigenvalue weighted by molar-refractivity contribution is 0.0732. The van der Waals surface area contributed by atoms with Gasteiger partial charge in [-0.15, -0.1) is 0 Å². The Morgan fingerprint density at radius 1 is 1.33 bits per heavy atom. The second-order valence-electron chi connectivity index (χ2n) is 6.68. The zero-order chi connectivity index (χ0) is 15.1. The normalized spacial score (nSPS) is 25.7. The number of methoxy groups -OCH3 is 1. The number of nitrogens with one attached hydrogen (secondary N) is 2. The second kappa shape index (κ2) is 7.99. The van der Waals surface area contributed by atoms with E-state index in [0.29, 0.717) is 11.5 Å². The fraction of sp³-hybridized carbons (Fsp3) is 0.938. The van der Waals surface area contributed by atoms with E-state index in [0.717, 1.165) is 32.1 Å². The van der Waals surface area contributed by atoms with Gasteiger partial charge in [-0.05, 0) is 51.1 Å². The maximum absolute atomic E-state index is 5.25. The molecule has 1 heterocycles. The lowest BCUT2D eigenvalue weighted by Gasteiger charge is -2.42. The Morgan fingerprint density at radius 2 is 2.14 bits per heavy atom. The fourth-order valence-corrected chi connectivity index (χ4v) is 3.45. The molecule has 5 nitrogen and oxygen atoms in total. The predicted molar refractivity (Wildman–Crippen MR) is 87.8 cm³/mol. The summed E-state index contributed by atoms with van der Waals surface area (Å²) in [6, 6.07) is 0.648. The van der Waals surface area contributed by atoms with E-state index in [9.17, 15) is 0 Å². The zero-order valence-corrected chi connectivity index (χ0v) is 14.0. The van der Waals surface area contributed by atoms with Crippen molar-refractivity contribution >= 4 is 5.96 Å². The molecule has 2 aliphatic rings. The molecular weight excluding hydrogens is 264 g/mol. The SMILES string of the molecule is CN=C(NCC1CCCN1C)NCC1(CCOC)CCC1. The molecule has 0 bridgehead atoms. The van der Waals surface area contributed by atoms with Gasteiger partial charge in [0.2, 0.25) is 0 Å². The van der Waals surface area contributed by atoms with Crippen molar-refractivity contribution in [3.05, 3.63) is 0 Å². The van der Waals surface area contributed by atoms with Crippen molar-refractivity contribution in [1.29, 1.82) is 0 Å². The largest absolute Gasteiger partial charge is 0.385 e. The minimum absolute atomic E-state index is 0.428. The number of likely N-dealkylation sites (N-methyl/N-ethyl adjacent to an activating group) is 1. The Morgan fingerprint density at radius 3 is 2.67 bits per heavy atom. The van der Waals surface area contributed by atoms with E-state index in [1.54, 1.807) is 7.11 Å². The van der Waals surface area contributed by atoms with Crippen LogP contribution in [0.25, 0.3) is 0 Å². The number of guanidine groups is 1. The standard InChI is InChI=1S/C16H32N4O/c1-17-15(18-12-14-6-4-10-20(14)2)19-13-16(7-5-8-16)9-11-21-3/h14H,4-13H2,1-3H3,(H2,17,18,19). The summed E-state index contributed by atoms with van der Waals surface area (Å²) in [5.41, 5.74) is 0.428. The molecular formula is C16H32N4O. The molecule has 1 aliphatic carbocycles. The molecule has 0 aromatic carbocycles. The van der Waals surface area contributed by atoms with Crippen LogP contribution in [0.5, 0.6) is 0 Å². The van der Waals surface area contributed by atoms with Crippen LogP contribution in [0.4, 0.5) is 0 Å². The summed E-state index contributed by atoms with van der Waals surface area (Å²) in [6.45, 7) is 4.08. The Bertz CT molecular complexity index is 341. The number of rotatable bonds is 7. The van der Waals surface area contributed by atoms with Gasteiger partial charge in [-0.1, -0.05) is 6.42 Å². The number of hydrogen-bond donors (Lipinski definition) is 2. The summed E-state index contributed by atoms with van der Waals surface area (Å²) in [5, 5.41) is 7.01. The van der Waals surface area contributed by atoms with E-state index >= 15 is 0 Å². The van der Waals surface area contributed by atoms with E-state index in [4.69, 9.17) is 4.74 Å². The van der Waals surface area contributed by atoms with Gasteiger partial charge >= 0.3 is 0 Å². The third-order valence-corrected chi connectivity index (χ3v) is 5.28. The van der Waals surface area contributed by atoms with Gasteiger partial charge in [0.1, 0.15) is 0 Å². The first-order valence-electron chi connectivity index (χ1n) is 8.33. The van der Waals surface area contributed by atoms with E-state index in [-0.39, 0.29) is 0 Å². The molecule has 0 aromatic heterocycles. The summed E-state index contributed by atoms with van der Waals surface area (Å²) in [6.07, 6.45) is 7.73. The van der Waals surface area contributed by atoms with E-state index in [2.05, 4.69) is 27.6 Å². The van der Waals surface area contributed by atoms with Crippen LogP contribution in [0.2, 0.25) is 0 Å². The minimum Gasteiger partial charge on any atom is -0.385 e. The van der Waals surface area contributed by atoms with Crippen molar-refractivity contribution in [2.45, 2.75) is 44.6 Å². The lowest BCUT2D eigenvalue weighted by Crippen LogP contribution is -2.49. The first-order chi connectivity index (χ1) is 10.2. The quantitative estimate of drug-likeness (QED) is 0.551. The smallest absolute Gasteiger partial charge is 0.191 e. The molecule has 122 valence electrons. The fourth-order valence-electron chi connectivity index (χ4n) is 3.45. The van der Waals surface area contributed by atoms with Gasteiger partial charge in [-0.25, -0.2) is 0 Å². The molecule has 1 saturated heterocycles. The zero-order valence-electron chi connectivity index (χ0n) is 14.0. The average Bonchev–Trinajstić information content (AvgIpc) is 2.86. The third kappa shape index (κ3) is 4.58. The monoisotopic (exact) mass is 296 g/mol. The molecule has 0 radical (unpaired) electrons. The Kier molecular flexibility index (Phi) is 6.30. The van der Waals surface area contributed by atoms with Crippen molar-refractivity contribution in [3.63, 3.8) is 0 Å². The average molecular weight is 296 g/mol. The number of hydrogen-bond acceptors (Lipinski definition) is 3. The van der Waals surface area contributed by atoms with Crippen molar-refractivity contribution in [2.24, 2.45) is 10.4 Å². The Balaban J connectivity index is 1.72. The van der Waals surface area contributed by atoms with Crippen LogP contribution < -0.4 is 10.6 Å². The molecule has 1 atom stereocenters. The highest BCUT2D eigenvalue weighted by Crippen LogP contribution is 2.43. The van der Waals surface area contributed by atoms with Crippen LogP contribution in [0.15, 0.2) is 4.99 Å². The Labute approximate surface area is 129 Å². The first-order valence-corrected chi connectivity index (χ1v) is 8.33. The molecule has 2 fully saturated rings. The summed E-state index contributed by atoms with van der Waals surface area (Å²) >= 11 is 0. The van der Waals surface area contributed by atoms with Crippen LogP contribution in [0, 0.1) is 5.41 Å². The maximum atomic E-state index is 5.25. The highest BCUT2D eigenvalue weighted by Gasteiger charge is 2.36. The third-order valence-electron chi connectivity index (χ3n) is 5.28. The van der Waals surface area contributed by atoms with Crippen LogP contribution in [-0.4, -0.2) is 64.3 Å². The Hall–Kier alpha value is -0.810. The molecule has 1 unspecified atom stereocenters. The number of nitrogens with zero attached hydrogens (tertiary/aromatic N) is 2. The predicted octanol–water partition coefficient (Wildman–Crippen LogP) is 1.45. The van der Waals surface area contributed by atoms with Crippen molar-refractivity contribution in [1.82, 2.24) is 15.5 Å². The van der Waals surface area contributed by atoms with Crippen LogP contribution in [-0.2, 0) is 4.74 Å². The van der Waals surface area contributed by atoms with Crippen molar-refractivity contribution < 1.29 is 4.74 Å². The van der Waals surface area contributed by atoms with Gasteiger partial charge in [-0.2, -0.15) is 0 Å². The van der Waals surface area contributed by atoms with Gasteiger partial charge < -0.3 is 20.3 Å². The van der Waals surface area contributed by atoms with Crippen molar-refractivity contribution in [3.8, 4) is 0 Å². The van der Waals surface area contributed by atoms with E-state index < -0.39 is 0 Å². The molecule has 0 amide bonds. The molecule has 1 saturated carbocycles. The van der Waals surface area contributed by atoms with Crippen LogP contribution in [0.3, 0.4) is 0 Å². The number of ether oxygens (including phenoxy) is 1. The summed E-state index contributed by atoms with van der Waals surface area (Å²) in [7, 11) is 5.86. The lowest BCUT2D eigenvalue weighted by atomic mass is 9.67. The molecule has 21 heavy (non-hydrogen) atoms. The molecule has 5 heteroatoms. The van der Waals surface area contributed by atoms with Gasteiger partial charge in [0.05, 0.1) is 0 Å². The molecule has 1 aliphatic heterocycles. The molecule has 0 spiro atoms. The van der Waals surface area contributed by atoms with Crippen LogP contribution >= 0.6 is 0 Å². The maximum Gasteiger partial charge on any atom is 0.191 e. The number of likely N-dealkylation sites (tertiary alicyclic amines) is 1. The summed E-state index contributed by atoms with van der Waals surface area (Å²) in [5.74, 6) is 0.944. The van der Waals surface area contributed by atoms with Gasteiger partial charge in [0, 0.05) is 39.9 Å².